The molecule has 33 heavy (non-hydrogen) atoms. The fourth-order valence-electron chi connectivity index (χ4n) is 3.16. The summed E-state index contributed by atoms with van der Waals surface area (Å²) in [5.74, 6) is 0.0590. The molecule has 0 saturated carbocycles. The number of alkyl halides is 3. The Hall–Kier alpha value is -3.67. The monoisotopic (exact) mass is 473 g/mol. The van der Waals surface area contributed by atoms with Gasteiger partial charge in [-0.15, -0.1) is 10.2 Å². The summed E-state index contributed by atoms with van der Waals surface area (Å²) in [6.45, 7) is 3.76. The highest BCUT2D eigenvalue weighted by molar-refractivity contribution is 7.99. The van der Waals surface area contributed by atoms with E-state index in [0.717, 1.165) is 35.1 Å². The first-order valence-electron chi connectivity index (χ1n) is 9.70. The van der Waals surface area contributed by atoms with Crippen molar-refractivity contribution in [3.8, 4) is 11.4 Å². The molecule has 0 aliphatic carbocycles. The van der Waals surface area contributed by atoms with Gasteiger partial charge < -0.3 is 5.32 Å². The lowest BCUT2D eigenvalue weighted by Gasteiger charge is -2.14. The van der Waals surface area contributed by atoms with Crippen LogP contribution in [0.15, 0.2) is 60.3 Å². The number of thioether (sulfide) groups is 1. The number of carbonyl (C=O) groups is 1. The predicted molar refractivity (Wildman–Crippen MR) is 117 cm³/mol. The standard InChI is InChI=1S/C21H18F3N7OS/c1-13-4-3-5-16(8-13)31-14(2)28-29-20(31)33-10-19(32)27-17-9-15(21(22,23)24)6-7-18(17)30-12-25-11-26-30/h3-9,11-12H,10H2,1-2H3,(H,27,32). The zero-order valence-corrected chi connectivity index (χ0v) is 18.4. The normalized spacial score (nSPS) is 11.5. The minimum atomic E-state index is -4.56. The van der Waals surface area contributed by atoms with Gasteiger partial charge in [0.15, 0.2) is 5.16 Å². The molecule has 2 aromatic heterocycles. The lowest BCUT2D eigenvalue weighted by atomic mass is 10.1. The third kappa shape index (κ3) is 5.06. The zero-order chi connectivity index (χ0) is 23.6. The van der Waals surface area contributed by atoms with Crippen molar-refractivity contribution in [3.05, 3.63) is 72.1 Å². The van der Waals surface area contributed by atoms with Crippen LogP contribution in [-0.4, -0.2) is 41.2 Å². The van der Waals surface area contributed by atoms with Crippen molar-refractivity contribution < 1.29 is 18.0 Å². The first kappa shape index (κ1) is 22.5. The van der Waals surface area contributed by atoms with Gasteiger partial charge in [0.2, 0.25) is 5.91 Å². The van der Waals surface area contributed by atoms with Crippen molar-refractivity contribution in [2.75, 3.05) is 11.1 Å². The highest BCUT2D eigenvalue weighted by Crippen LogP contribution is 2.33. The zero-order valence-electron chi connectivity index (χ0n) is 17.5. The van der Waals surface area contributed by atoms with E-state index in [4.69, 9.17) is 0 Å². The van der Waals surface area contributed by atoms with Gasteiger partial charge in [0.1, 0.15) is 18.5 Å². The Labute approximate surface area is 190 Å². The van der Waals surface area contributed by atoms with Crippen LogP contribution in [0.4, 0.5) is 18.9 Å². The van der Waals surface area contributed by atoms with Crippen molar-refractivity contribution in [2.24, 2.45) is 0 Å². The average Bonchev–Trinajstić information content (AvgIpc) is 3.41. The Morgan fingerprint density at radius 2 is 1.94 bits per heavy atom. The molecule has 4 aromatic rings. The molecule has 12 heteroatoms. The van der Waals surface area contributed by atoms with Crippen molar-refractivity contribution in [3.63, 3.8) is 0 Å². The third-order valence-electron chi connectivity index (χ3n) is 4.65. The largest absolute Gasteiger partial charge is 0.416 e. The number of aromatic nitrogens is 6. The summed E-state index contributed by atoms with van der Waals surface area (Å²) in [6, 6.07) is 10.8. The predicted octanol–water partition coefficient (Wildman–Crippen LogP) is 4.21. The number of nitrogens with one attached hydrogen (secondary N) is 1. The van der Waals surface area contributed by atoms with E-state index in [1.54, 1.807) is 6.92 Å². The van der Waals surface area contributed by atoms with E-state index >= 15 is 0 Å². The molecule has 0 aliphatic rings. The molecule has 0 saturated heterocycles. The summed E-state index contributed by atoms with van der Waals surface area (Å²) in [5, 5.41) is 15.2. The molecule has 0 aliphatic heterocycles. The minimum absolute atomic E-state index is 0.0303. The smallest absolute Gasteiger partial charge is 0.323 e. The lowest BCUT2D eigenvalue weighted by Crippen LogP contribution is -2.17. The van der Waals surface area contributed by atoms with Crippen LogP contribution in [0.3, 0.4) is 0 Å². The molecule has 0 atom stereocenters. The molecule has 2 aromatic carbocycles. The molecular formula is C21H18F3N7OS. The molecule has 1 amide bonds. The number of nitrogens with zero attached hydrogens (tertiary/aromatic N) is 6. The maximum Gasteiger partial charge on any atom is 0.416 e. The number of halogens is 3. The van der Waals surface area contributed by atoms with Gasteiger partial charge in [0.25, 0.3) is 0 Å². The van der Waals surface area contributed by atoms with Crippen molar-refractivity contribution >= 4 is 23.4 Å². The maximum absolute atomic E-state index is 13.2. The molecule has 8 nitrogen and oxygen atoms in total. The molecule has 0 unspecified atom stereocenters. The second-order valence-corrected chi connectivity index (χ2v) is 8.05. The van der Waals surface area contributed by atoms with Crippen molar-refractivity contribution in [1.82, 2.24) is 29.5 Å². The molecule has 2 heterocycles. The van der Waals surface area contributed by atoms with Crippen molar-refractivity contribution in [1.29, 1.82) is 0 Å². The summed E-state index contributed by atoms with van der Waals surface area (Å²) in [6.07, 6.45) is -1.98. The second kappa shape index (κ2) is 9.06. The fraction of sp³-hybridized carbons (Fsp3) is 0.190. The van der Waals surface area contributed by atoms with E-state index in [0.29, 0.717) is 11.0 Å². The molecule has 0 spiro atoms. The molecule has 0 bridgehead atoms. The van der Waals surface area contributed by atoms with Gasteiger partial charge in [-0.3, -0.25) is 9.36 Å². The number of aryl methyl sites for hydroxylation is 2. The number of hydrogen-bond acceptors (Lipinski definition) is 6. The first-order valence-corrected chi connectivity index (χ1v) is 10.7. The summed E-state index contributed by atoms with van der Waals surface area (Å²) >= 11 is 1.13. The van der Waals surface area contributed by atoms with E-state index < -0.39 is 17.6 Å². The number of amides is 1. The number of benzene rings is 2. The Bertz CT molecular complexity index is 1290. The highest BCUT2D eigenvalue weighted by atomic mass is 32.2. The third-order valence-corrected chi connectivity index (χ3v) is 5.58. The number of anilines is 1. The average molecular weight is 473 g/mol. The van der Waals surface area contributed by atoms with Crippen LogP contribution in [-0.2, 0) is 11.0 Å². The Kier molecular flexibility index (Phi) is 6.18. The van der Waals surface area contributed by atoms with Crippen LogP contribution in [0.2, 0.25) is 0 Å². The second-order valence-electron chi connectivity index (χ2n) is 7.11. The van der Waals surface area contributed by atoms with Gasteiger partial charge in [-0.05, 0) is 49.7 Å². The van der Waals surface area contributed by atoms with Crippen LogP contribution in [0.5, 0.6) is 0 Å². The van der Waals surface area contributed by atoms with Gasteiger partial charge in [-0.2, -0.15) is 18.3 Å². The van der Waals surface area contributed by atoms with Gasteiger partial charge in [-0.25, -0.2) is 9.67 Å². The van der Waals surface area contributed by atoms with Crippen molar-refractivity contribution in [2.45, 2.75) is 25.2 Å². The van der Waals surface area contributed by atoms with Gasteiger partial charge >= 0.3 is 6.18 Å². The molecule has 4 rings (SSSR count). The molecule has 0 fully saturated rings. The van der Waals surface area contributed by atoms with Crippen LogP contribution in [0.1, 0.15) is 17.0 Å². The van der Waals surface area contributed by atoms with Crippen LogP contribution < -0.4 is 5.32 Å². The Morgan fingerprint density at radius 3 is 2.64 bits per heavy atom. The van der Waals surface area contributed by atoms with Gasteiger partial charge in [0.05, 0.1) is 22.7 Å². The minimum Gasteiger partial charge on any atom is -0.323 e. The number of hydrogen-bond donors (Lipinski definition) is 1. The summed E-state index contributed by atoms with van der Waals surface area (Å²) in [5.41, 5.74) is 1.25. The van der Waals surface area contributed by atoms with Crippen LogP contribution in [0.25, 0.3) is 11.4 Å². The van der Waals surface area contributed by atoms with E-state index in [9.17, 15) is 18.0 Å². The first-order chi connectivity index (χ1) is 15.7. The fourth-order valence-corrected chi connectivity index (χ4v) is 3.96. The molecular weight excluding hydrogens is 455 g/mol. The topological polar surface area (TPSA) is 90.5 Å². The van der Waals surface area contributed by atoms with Gasteiger partial charge in [0, 0.05) is 5.69 Å². The maximum atomic E-state index is 13.2. The number of rotatable bonds is 6. The van der Waals surface area contributed by atoms with E-state index in [1.165, 1.54) is 23.4 Å². The Balaban J connectivity index is 1.55. The SMILES string of the molecule is Cc1cccc(-n2c(C)nnc2SCC(=O)Nc2cc(C(F)(F)F)ccc2-n2cncn2)c1. The van der Waals surface area contributed by atoms with E-state index in [2.05, 4.69) is 25.6 Å². The van der Waals surface area contributed by atoms with E-state index in [-0.39, 0.29) is 17.1 Å². The van der Waals surface area contributed by atoms with E-state index in [1.807, 2.05) is 35.8 Å². The summed E-state index contributed by atoms with van der Waals surface area (Å²) < 4.78 is 42.7. The Morgan fingerprint density at radius 1 is 1.12 bits per heavy atom. The quantitative estimate of drug-likeness (QED) is 0.422. The van der Waals surface area contributed by atoms with Crippen LogP contribution >= 0.6 is 11.8 Å². The number of carbonyl (C=O) groups excluding carboxylic acids is 1. The summed E-state index contributed by atoms with van der Waals surface area (Å²) in [7, 11) is 0. The highest BCUT2D eigenvalue weighted by Gasteiger charge is 2.31. The lowest BCUT2D eigenvalue weighted by molar-refractivity contribution is -0.137. The van der Waals surface area contributed by atoms with Crippen LogP contribution in [0, 0.1) is 13.8 Å². The molecule has 1 N–H and O–H groups in total. The van der Waals surface area contributed by atoms with Gasteiger partial charge in [-0.1, -0.05) is 23.9 Å². The molecule has 170 valence electrons. The summed E-state index contributed by atoms with van der Waals surface area (Å²) in [4.78, 5) is 16.5. The molecule has 0 radical (unpaired) electrons.